The second-order valence-electron chi connectivity index (χ2n) is 4.90. The first-order valence-corrected chi connectivity index (χ1v) is 6.63. The van der Waals surface area contributed by atoms with E-state index in [1.165, 1.54) is 0 Å². The molecule has 1 aromatic rings. The molecular weight excluding hydrogens is 248 g/mol. The fourth-order valence-corrected chi connectivity index (χ4v) is 2.40. The van der Waals surface area contributed by atoms with Gasteiger partial charge >= 0.3 is 6.03 Å². The summed E-state index contributed by atoms with van der Waals surface area (Å²) in [5.74, 6) is 1.09. The molecule has 0 spiro atoms. The molecule has 0 aromatic carbocycles. The summed E-state index contributed by atoms with van der Waals surface area (Å²) in [6.07, 6.45) is 4.08. The van der Waals surface area contributed by atoms with Gasteiger partial charge in [-0.05, 0) is 19.8 Å². The van der Waals surface area contributed by atoms with Crippen molar-refractivity contribution in [1.29, 1.82) is 0 Å². The molecule has 0 saturated heterocycles. The third-order valence-corrected chi connectivity index (χ3v) is 3.43. The van der Waals surface area contributed by atoms with Crippen molar-refractivity contribution in [3.05, 3.63) is 11.7 Å². The number of carbonyl (C=O) groups excluding carboxylic acids is 1. The van der Waals surface area contributed by atoms with E-state index in [4.69, 9.17) is 4.52 Å². The summed E-state index contributed by atoms with van der Waals surface area (Å²) < 4.78 is 4.90. The zero-order valence-electron chi connectivity index (χ0n) is 11.1. The van der Waals surface area contributed by atoms with Crippen LogP contribution < -0.4 is 10.6 Å². The Morgan fingerprint density at radius 3 is 2.95 bits per heavy atom. The fraction of sp³-hybridized carbons (Fsp3) is 0.750. The number of urea groups is 1. The van der Waals surface area contributed by atoms with E-state index in [-0.39, 0.29) is 31.1 Å². The van der Waals surface area contributed by atoms with Crippen LogP contribution in [0.3, 0.4) is 0 Å². The number of aryl methyl sites for hydroxylation is 1. The number of nitrogens with zero attached hydrogens (tertiary/aromatic N) is 2. The monoisotopic (exact) mass is 268 g/mol. The van der Waals surface area contributed by atoms with Gasteiger partial charge in [-0.25, -0.2) is 4.79 Å². The van der Waals surface area contributed by atoms with Crippen molar-refractivity contribution in [3.8, 4) is 0 Å². The summed E-state index contributed by atoms with van der Waals surface area (Å²) in [4.78, 5) is 15.8. The maximum absolute atomic E-state index is 11.8. The molecule has 19 heavy (non-hydrogen) atoms. The molecular formula is C12H20N4O3. The van der Waals surface area contributed by atoms with Crippen LogP contribution in [0.1, 0.15) is 37.4 Å². The van der Waals surface area contributed by atoms with Gasteiger partial charge < -0.3 is 20.3 Å². The molecule has 0 aliphatic heterocycles. The minimum atomic E-state index is -0.263. The highest BCUT2D eigenvalue weighted by Gasteiger charge is 2.25. The second kappa shape index (κ2) is 6.51. The Balaban J connectivity index is 1.77. The lowest BCUT2D eigenvalue weighted by molar-refractivity contribution is 0.153. The predicted molar refractivity (Wildman–Crippen MR) is 67.2 cm³/mol. The summed E-state index contributed by atoms with van der Waals surface area (Å²) >= 11 is 0. The lowest BCUT2D eigenvalue weighted by atomic mass is 9.85. The first-order chi connectivity index (χ1) is 9.19. The van der Waals surface area contributed by atoms with Crippen molar-refractivity contribution in [2.45, 2.75) is 45.2 Å². The molecule has 1 aromatic heterocycles. The number of nitrogens with one attached hydrogen (secondary N) is 2. The SMILES string of the molecule is Cc1noc(CNC(=O)NC2CCCCC2CO)n1. The van der Waals surface area contributed by atoms with Gasteiger partial charge in [0.1, 0.15) is 0 Å². The van der Waals surface area contributed by atoms with Crippen LogP contribution in [0.25, 0.3) is 0 Å². The van der Waals surface area contributed by atoms with Gasteiger partial charge in [0.25, 0.3) is 0 Å². The van der Waals surface area contributed by atoms with Crippen molar-refractivity contribution >= 4 is 6.03 Å². The summed E-state index contributed by atoms with van der Waals surface area (Å²) in [5, 5.41) is 18.5. The molecule has 2 unspecified atom stereocenters. The lowest BCUT2D eigenvalue weighted by Gasteiger charge is -2.30. The van der Waals surface area contributed by atoms with Gasteiger partial charge in [-0.2, -0.15) is 4.98 Å². The van der Waals surface area contributed by atoms with Gasteiger partial charge in [-0.3, -0.25) is 0 Å². The molecule has 1 fully saturated rings. The van der Waals surface area contributed by atoms with Crippen LogP contribution in [0.4, 0.5) is 4.79 Å². The second-order valence-corrected chi connectivity index (χ2v) is 4.90. The number of carbonyl (C=O) groups is 1. The largest absolute Gasteiger partial charge is 0.396 e. The van der Waals surface area contributed by atoms with E-state index < -0.39 is 0 Å². The zero-order chi connectivity index (χ0) is 13.7. The summed E-state index contributed by atoms with van der Waals surface area (Å²) in [6.45, 7) is 2.05. The topological polar surface area (TPSA) is 100 Å². The maximum Gasteiger partial charge on any atom is 0.315 e. The van der Waals surface area contributed by atoms with Gasteiger partial charge in [0.15, 0.2) is 5.82 Å². The molecule has 2 atom stereocenters. The Morgan fingerprint density at radius 2 is 2.26 bits per heavy atom. The average Bonchev–Trinajstić information content (AvgIpc) is 2.83. The Hall–Kier alpha value is -1.63. The number of aliphatic hydroxyl groups excluding tert-OH is 1. The molecule has 1 aliphatic carbocycles. The normalized spacial score (nSPS) is 23.1. The van der Waals surface area contributed by atoms with Crippen LogP contribution in [0.2, 0.25) is 0 Å². The Labute approximate surface area is 111 Å². The van der Waals surface area contributed by atoms with Gasteiger partial charge in [-0.15, -0.1) is 0 Å². The minimum absolute atomic E-state index is 0.0446. The van der Waals surface area contributed by atoms with Crippen molar-refractivity contribution in [3.63, 3.8) is 0 Å². The summed E-state index contributed by atoms with van der Waals surface area (Å²) in [6, 6.07) is -0.218. The van der Waals surface area contributed by atoms with Crippen LogP contribution >= 0.6 is 0 Å². The Bertz CT molecular complexity index is 421. The Morgan fingerprint density at radius 1 is 1.47 bits per heavy atom. The molecule has 7 heteroatoms. The molecule has 106 valence electrons. The van der Waals surface area contributed by atoms with Crippen LogP contribution in [0.15, 0.2) is 4.52 Å². The number of aromatic nitrogens is 2. The first kappa shape index (κ1) is 13.8. The standard InChI is InChI=1S/C12H20N4O3/c1-8-14-11(19-16-8)6-13-12(18)15-10-5-3-2-4-9(10)7-17/h9-10,17H,2-7H2,1H3,(H2,13,15,18). The molecule has 7 nitrogen and oxygen atoms in total. The van der Waals surface area contributed by atoms with Crippen LogP contribution in [0, 0.1) is 12.8 Å². The molecule has 1 saturated carbocycles. The molecule has 1 aliphatic rings. The fourth-order valence-electron chi connectivity index (χ4n) is 2.40. The smallest absolute Gasteiger partial charge is 0.315 e. The minimum Gasteiger partial charge on any atom is -0.396 e. The Kier molecular flexibility index (Phi) is 4.73. The third-order valence-electron chi connectivity index (χ3n) is 3.43. The zero-order valence-corrected chi connectivity index (χ0v) is 11.1. The third kappa shape index (κ3) is 3.92. The number of aliphatic hydroxyl groups is 1. The molecule has 3 N–H and O–H groups in total. The van der Waals surface area contributed by atoms with Crippen LogP contribution in [0.5, 0.6) is 0 Å². The number of rotatable bonds is 4. The quantitative estimate of drug-likeness (QED) is 0.747. The predicted octanol–water partition coefficient (Wildman–Crippen LogP) is 0.728. The molecule has 2 amide bonds. The molecule has 0 bridgehead atoms. The average molecular weight is 268 g/mol. The van der Waals surface area contributed by atoms with Gasteiger partial charge in [0.2, 0.25) is 5.89 Å². The molecule has 0 radical (unpaired) electrons. The van der Waals surface area contributed by atoms with E-state index in [9.17, 15) is 9.90 Å². The van der Waals surface area contributed by atoms with Crippen molar-refractivity contribution in [1.82, 2.24) is 20.8 Å². The van der Waals surface area contributed by atoms with E-state index in [0.717, 1.165) is 25.7 Å². The maximum atomic E-state index is 11.8. The number of hydrogen-bond donors (Lipinski definition) is 3. The molecule has 1 heterocycles. The van der Waals surface area contributed by atoms with Gasteiger partial charge in [-0.1, -0.05) is 18.0 Å². The van der Waals surface area contributed by atoms with Gasteiger partial charge in [0, 0.05) is 18.6 Å². The highest BCUT2D eigenvalue weighted by molar-refractivity contribution is 5.74. The van der Waals surface area contributed by atoms with Crippen LogP contribution in [-0.4, -0.2) is 33.9 Å². The first-order valence-electron chi connectivity index (χ1n) is 6.63. The van der Waals surface area contributed by atoms with Crippen molar-refractivity contribution in [2.75, 3.05) is 6.61 Å². The number of hydrogen-bond acceptors (Lipinski definition) is 5. The number of amides is 2. The van der Waals surface area contributed by atoms with Crippen molar-refractivity contribution < 1.29 is 14.4 Å². The van der Waals surface area contributed by atoms with E-state index in [1.807, 2.05) is 0 Å². The lowest BCUT2D eigenvalue weighted by Crippen LogP contribution is -2.47. The van der Waals surface area contributed by atoms with E-state index >= 15 is 0 Å². The van der Waals surface area contributed by atoms with E-state index in [2.05, 4.69) is 20.8 Å². The van der Waals surface area contributed by atoms with Gasteiger partial charge in [0.05, 0.1) is 6.54 Å². The van der Waals surface area contributed by atoms with Crippen LogP contribution in [-0.2, 0) is 6.54 Å². The summed E-state index contributed by atoms with van der Waals surface area (Å²) in [7, 11) is 0. The summed E-state index contributed by atoms with van der Waals surface area (Å²) in [5.41, 5.74) is 0. The van der Waals surface area contributed by atoms with E-state index in [0.29, 0.717) is 11.7 Å². The van der Waals surface area contributed by atoms with Crippen molar-refractivity contribution in [2.24, 2.45) is 5.92 Å². The highest BCUT2D eigenvalue weighted by Crippen LogP contribution is 2.23. The van der Waals surface area contributed by atoms with E-state index in [1.54, 1.807) is 6.92 Å². The molecule has 2 rings (SSSR count). The highest BCUT2D eigenvalue weighted by atomic mass is 16.5.